The first kappa shape index (κ1) is 13.2. The third-order valence-corrected chi connectivity index (χ3v) is 4.81. The highest BCUT2D eigenvalue weighted by Gasteiger charge is 2.32. The van der Waals surface area contributed by atoms with E-state index >= 15 is 0 Å². The lowest BCUT2D eigenvalue weighted by atomic mass is 10.2. The van der Waals surface area contributed by atoms with Gasteiger partial charge in [-0.25, -0.2) is 0 Å². The van der Waals surface area contributed by atoms with Gasteiger partial charge in [0.15, 0.2) is 0 Å². The van der Waals surface area contributed by atoms with Gasteiger partial charge in [0.25, 0.3) is 10.2 Å². The van der Waals surface area contributed by atoms with Crippen LogP contribution in [0, 0.1) is 0 Å². The first-order valence-electron chi connectivity index (χ1n) is 6.23. The van der Waals surface area contributed by atoms with Gasteiger partial charge in [0, 0.05) is 25.2 Å². The lowest BCUT2D eigenvalue weighted by molar-refractivity contribution is 0.245. The van der Waals surface area contributed by atoms with Crippen LogP contribution in [0.3, 0.4) is 0 Å². The Morgan fingerprint density at radius 2 is 2.12 bits per heavy atom. The van der Waals surface area contributed by atoms with Crippen molar-refractivity contribution in [3.63, 3.8) is 0 Å². The quantitative estimate of drug-likeness (QED) is 0.552. The summed E-state index contributed by atoms with van der Waals surface area (Å²) in [5.74, 6) is 0. The summed E-state index contributed by atoms with van der Waals surface area (Å²) in [6.45, 7) is 1.43. The van der Waals surface area contributed by atoms with E-state index in [2.05, 4.69) is 10.0 Å². The van der Waals surface area contributed by atoms with E-state index in [1.54, 1.807) is 0 Å². The summed E-state index contributed by atoms with van der Waals surface area (Å²) in [6.07, 6.45) is 3.94. The molecule has 3 N–H and O–H groups in total. The van der Waals surface area contributed by atoms with Gasteiger partial charge in [-0.3, -0.25) is 0 Å². The standard InChI is InChI=1S/C10H21N3O3S/c14-7-6-13(8-10-2-1-5-11-10)17(15,16)12-9-3-4-9/h9-12,14H,1-8H2. The molecule has 1 saturated heterocycles. The van der Waals surface area contributed by atoms with Crippen molar-refractivity contribution in [3.8, 4) is 0 Å². The van der Waals surface area contributed by atoms with Crippen LogP contribution < -0.4 is 10.0 Å². The van der Waals surface area contributed by atoms with Crippen LogP contribution in [0.15, 0.2) is 0 Å². The van der Waals surface area contributed by atoms with Crippen LogP contribution in [0.2, 0.25) is 0 Å². The van der Waals surface area contributed by atoms with Gasteiger partial charge in [0.2, 0.25) is 0 Å². The molecule has 2 fully saturated rings. The number of hydrogen-bond donors (Lipinski definition) is 3. The Balaban J connectivity index is 1.93. The van der Waals surface area contributed by atoms with Gasteiger partial charge >= 0.3 is 0 Å². The van der Waals surface area contributed by atoms with Gasteiger partial charge < -0.3 is 10.4 Å². The molecule has 1 unspecified atom stereocenters. The van der Waals surface area contributed by atoms with Crippen molar-refractivity contribution in [2.75, 3.05) is 26.2 Å². The van der Waals surface area contributed by atoms with E-state index in [0.29, 0.717) is 6.54 Å². The first-order valence-corrected chi connectivity index (χ1v) is 7.67. The zero-order chi connectivity index (χ0) is 12.3. The molecule has 0 spiro atoms. The van der Waals surface area contributed by atoms with Gasteiger partial charge in [-0.05, 0) is 32.2 Å². The van der Waals surface area contributed by atoms with Crippen LogP contribution in [0.1, 0.15) is 25.7 Å². The van der Waals surface area contributed by atoms with Crippen LogP contribution in [0.4, 0.5) is 0 Å². The smallest absolute Gasteiger partial charge is 0.279 e. The second kappa shape index (κ2) is 5.62. The minimum Gasteiger partial charge on any atom is -0.395 e. The molecule has 6 nitrogen and oxygen atoms in total. The van der Waals surface area contributed by atoms with Crippen molar-refractivity contribution < 1.29 is 13.5 Å². The highest BCUT2D eigenvalue weighted by atomic mass is 32.2. The van der Waals surface area contributed by atoms with Gasteiger partial charge in [-0.1, -0.05) is 0 Å². The molecular weight excluding hydrogens is 242 g/mol. The van der Waals surface area contributed by atoms with Gasteiger partial charge in [0.1, 0.15) is 0 Å². The first-order chi connectivity index (χ1) is 8.12. The minimum atomic E-state index is -3.43. The lowest BCUT2D eigenvalue weighted by Crippen LogP contribution is -2.48. The highest BCUT2D eigenvalue weighted by molar-refractivity contribution is 7.87. The lowest BCUT2D eigenvalue weighted by Gasteiger charge is -2.24. The van der Waals surface area contributed by atoms with Crippen molar-refractivity contribution in [3.05, 3.63) is 0 Å². The van der Waals surface area contributed by atoms with Crippen molar-refractivity contribution in [2.24, 2.45) is 0 Å². The van der Waals surface area contributed by atoms with Crippen molar-refractivity contribution in [1.82, 2.24) is 14.3 Å². The fraction of sp³-hybridized carbons (Fsp3) is 1.00. The molecule has 0 aromatic rings. The summed E-state index contributed by atoms with van der Waals surface area (Å²) < 4.78 is 28.1. The van der Waals surface area contributed by atoms with E-state index in [-0.39, 0.29) is 25.2 Å². The molecule has 1 aliphatic carbocycles. The average molecular weight is 263 g/mol. The van der Waals surface area contributed by atoms with E-state index in [9.17, 15) is 8.42 Å². The maximum Gasteiger partial charge on any atom is 0.279 e. The number of rotatable bonds is 7. The van der Waals surface area contributed by atoms with E-state index in [0.717, 1.165) is 32.2 Å². The SMILES string of the molecule is O=S(=O)(NC1CC1)N(CCO)CC1CCCN1. The summed E-state index contributed by atoms with van der Waals surface area (Å²) in [6, 6.07) is 0.329. The van der Waals surface area contributed by atoms with Crippen LogP contribution in [-0.2, 0) is 10.2 Å². The summed E-state index contributed by atoms with van der Waals surface area (Å²) in [5, 5.41) is 12.2. The topological polar surface area (TPSA) is 81.7 Å². The number of aliphatic hydroxyl groups excluding tert-OH is 1. The second-order valence-corrected chi connectivity index (χ2v) is 6.47. The molecule has 1 atom stereocenters. The summed E-state index contributed by atoms with van der Waals surface area (Å²) in [7, 11) is -3.43. The molecule has 0 bridgehead atoms. The Labute approximate surface area is 103 Å². The van der Waals surface area contributed by atoms with E-state index in [1.165, 1.54) is 4.31 Å². The minimum absolute atomic E-state index is 0.109. The second-order valence-electron chi connectivity index (χ2n) is 4.77. The van der Waals surface area contributed by atoms with Crippen LogP contribution in [-0.4, -0.2) is 56.2 Å². The zero-order valence-electron chi connectivity index (χ0n) is 9.93. The molecule has 0 radical (unpaired) electrons. The molecule has 0 aromatic carbocycles. The molecule has 2 aliphatic rings. The molecule has 2 rings (SSSR count). The summed E-state index contributed by atoms with van der Waals surface area (Å²) in [4.78, 5) is 0. The van der Waals surface area contributed by atoms with E-state index < -0.39 is 10.2 Å². The largest absolute Gasteiger partial charge is 0.395 e. The molecule has 1 aliphatic heterocycles. The van der Waals surface area contributed by atoms with Gasteiger partial charge in [0.05, 0.1) is 6.61 Å². The molecule has 0 amide bonds. The normalized spacial score (nSPS) is 25.6. The third-order valence-electron chi connectivity index (χ3n) is 3.17. The molecule has 7 heteroatoms. The fourth-order valence-electron chi connectivity index (χ4n) is 2.07. The van der Waals surface area contributed by atoms with Crippen LogP contribution in [0.25, 0.3) is 0 Å². The Morgan fingerprint density at radius 1 is 1.35 bits per heavy atom. The predicted molar refractivity (Wildman–Crippen MR) is 64.8 cm³/mol. The average Bonchev–Trinajstić information content (AvgIpc) is 2.92. The molecular formula is C10H21N3O3S. The monoisotopic (exact) mass is 263 g/mol. The third kappa shape index (κ3) is 3.89. The molecule has 0 aromatic heterocycles. The molecule has 1 saturated carbocycles. The summed E-state index contributed by atoms with van der Waals surface area (Å²) >= 11 is 0. The highest BCUT2D eigenvalue weighted by Crippen LogP contribution is 2.21. The Bertz CT molecular complexity index is 337. The van der Waals surface area contributed by atoms with Crippen molar-refractivity contribution in [2.45, 2.75) is 37.8 Å². The Kier molecular flexibility index (Phi) is 4.37. The van der Waals surface area contributed by atoms with E-state index in [1.807, 2.05) is 0 Å². The maximum atomic E-state index is 12.0. The van der Waals surface area contributed by atoms with Crippen LogP contribution in [0.5, 0.6) is 0 Å². The number of hydrogen-bond acceptors (Lipinski definition) is 4. The fourth-order valence-corrected chi connectivity index (χ4v) is 3.57. The van der Waals surface area contributed by atoms with Gasteiger partial charge in [-0.2, -0.15) is 17.4 Å². The number of aliphatic hydroxyl groups is 1. The zero-order valence-corrected chi connectivity index (χ0v) is 10.7. The Morgan fingerprint density at radius 3 is 2.65 bits per heavy atom. The maximum absolute atomic E-state index is 12.0. The number of nitrogens with zero attached hydrogens (tertiary/aromatic N) is 1. The molecule has 17 heavy (non-hydrogen) atoms. The Hall–Kier alpha value is -0.210. The van der Waals surface area contributed by atoms with Crippen LogP contribution >= 0.6 is 0 Å². The molecule has 100 valence electrons. The number of nitrogens with one attached hydrogen (secondary N) is 2. The van der Waals surface area contributed by atoms with Crippen molar-refractivity contribution >= 4 is 10.2 Å². The summed E-state index contributed by atoms with van der Waals surface area (Å²) in [5.41, 5.74) is 0. The van der Waals surface area contributed by atoms with Gasteiger partial charge in [-0.15, -0.1) is 0 Å². The van der Waals surface area contributed by atoms with Crippen molar-refractivity contribution in [1.29, 1.82) is 0 Å². The van der Waals surface area contributed by atoms with E-state index in [4.69, 9.17) is 5.11 Å². The molecule has 1 heterocycles. The predicted octanol–water partition coefficient (Wildman–Crippen LogP) is -0.970.